The lowest BCUT2D eigenvalue weighted by atomic mass is 10.1. The van der Waals surface area contributed by atoms with E-state index in [4.69, 9.17) is 0 Å². The summed E-state index contributed by atoms with van der Waals surface area (Å²) in [4.78, 5) is 24.0. The molecule has 130 valence electrons. The van der Waals surface area contributed by atoms with Crippen LogP contribution in [0.25, 0.3) is 10.8 Å². The molecule has 0 atom stereocenters. The van der Waals surface area contributed by atoms with Crippen molar-refractivity contribution < 1.29 is 4.79 Å². The first-order valence-corrected chi connectivity index (χ1v) is 7.98. The Balaban J connectivity index is 2.19. The van der Waals surface area contributed by atoms with Gasteiger partial charge < -0.3 is 10.6 Å². The number of rotatable bonds is 4. The summed E-state index contributed by atoms with van der Waals surface area (Å²) in [5.41, 5.74) is 1.28. The van der Waals surface area contributed by atoms with E-state index in [-0.39, 0.29) is 17.5 Å². The van der Waals surface area contributed by atoms with Gasteiger partial charge >= 0.3 is 0 Å². The van der Waals surface area contributed by atoms with Gasteiger partial charge in [0.2, 0.25) is 5.91 Å². The third kappa shape index (κ3) is 3.37. The van der Waals surface area contributed by atoms with Crippen molar-refractivity contribution in [3.05, 3.63) is 40.3 Å². The third-order valence-electron chi connectivity index (χ3n) is 3.68. The fraction of sp³-hybridized carbons (Fsp3) is 0.294. The molecule has 0 bridgehead atoms. The lowest BCUT2D eigenvalue weighted by Crippen LogP contribution is -2.26. The summed E-state index contributed by atoms with van der Waals surface area (Å²) >= 11 is 0. The van der Waals surface area contributed by atoms with E-state index in [2.05, 4.69) is 25.9 Å². The Labute approximate surface area is 144 Å². The Kier molecular flexibility index (Phi) is 4.26. The molecule has 8 nitrogen and oxygen atoms in total. The highest BCUT2D eigenvalue weighted by Crippen LogP contribution is 2.25. The first-order chi connectivity index (χ1) is 11.8. The number of aromatic amines is 1. The smallest absolute Gasteiger partial charge is 0.275 e. The van der Waals surface area contributed by atoms with Gasteiger partial charge in [0.1, 0.15) is 0 Å². The van der Waals surface area contributed by atoms with Crippen molar-refractivity contribution in [3.63, 3.8) is 0 Å². The number of amides is 1. The van der Waals surface area contributed by atoms with Crippen LogP contribution < -0.4 is 16.2 Å². The van der Waals surface area contributed by atoms with Crippen LogP contribution in [0.2, 0.25) is 0 Å². The van der Waals surface area contributed by atoms with Crippen molar-refractivity contribution in [1.29, 1.82) is 0 Å². The highest BCUT2D eigenvalue weighted by atomic mass is 16.1. The molecule has 0 spiro atoms. The standard InChI is InChI=1S/C17H20N6O2/c1-9(2)23-17(25)14-8-12(18-11(4)24)5-6-13(14)16(22-23)19-15-7-10(3)20-21-15/h5-9H,1-4H3,(H,18,24)(H2,19,20,21,22). The molecule has 0 saturated heterocycles. The number of H-pyrrole nitrogens is 1. The van der Waals surface area contributed by atoms with Gasteiger partial charge in [0.15, 0.2) is 11.6 Å². The summed E-state index contributed by atoms with van der Waals surface area (Å²) in [6.07, 6.45) is 0. The first kappa shape index (κ1) is 16.7. The fourth-order valence-electron chi connectivity index (χ4n) is 2.58. The van der Waals surface area contributed by atoms with Crippen molar-refractivity contribution in [1.82, 2.24) is 20.0 Å². The van der Waals surface area contributed by atoms with E-state index in [9.17, 15) is 9.59 Å². The first-order valence-electron chi connectivity index (χ1n) is 7.98. The van der Waals surface area contributed by atoms with Gasteiger partial charge in [-0.2, -0.15) is 10.2 Å². The molecule has 1 aromatic carbocycles. The van der Waals surface area contributed by atoms with Crippen LogP contribution in [0.5, 0.6) is 0 Å². The quantitative estimate of drug-likeness (QED) is 0.677. The molecule has 2 heterocycles. The maximum absolute atomic E-state index is 12.8. The average Bonchev–Trinajstić information content (AvgIpc) is 2.94. The molecular formula is C17H20N6O2. The van der Waals surface area contributed by atoms with Crippen LogP contribution in [0.4, 0.5) is 17.3 Å². The van der Waals surface area contributed by atoms with Gasteiger partial charge in [0.25, 0.3) is 5.56 Å². The summed E-state index contributed by atoms with van der Waals surface area (Å²) in [5.74, 6) is 0.957. The number of benzene rings is 1. The van der Waals surface area contributed by atoms with E-state index in [0.717, 1.165) is 5.69 Å². The van der Waals surface area contributed by atoms with Gasteiger partial charge in [-0.15, -0.1) is 0 Å². The van der Waals surface area contributed by atoms with Crippen LogP contribution >= 0.6 is 0 Å². The van der Waals surface area contributed by atoms with Crippen LogP contribution in [0.3, 0.4) is 0 Å². The average molecular weight is 340 g/mol. The maximum Gasteiger partial charge on any atom is 0.275 e. The SMILES string of the molecule is CC(=O)Nc1ccc2c(Nc3cc(C)[nH]n3)nn(C(C)C)c(=O)c2c1. The molecule has 3 aromatic rings. The zero-order valence-corrected chi connectivity index (χ0v) is 14.5. The molecule has 0 aliphatic heterocycles. The zero-order chi connectivity index (χ0) is 18.1. The van der Waals surface area contributed by atoms with E-state index in [1.807, 2.05) is 26.8 Å². The van der Waals surface area contributed by atoms with Gasteiger partial charge in [0, 0.05) is 29.8 Å². The molecule has 0 fully saturated rings. The van der Waals surface area contributed by atoms with Gasteiger partial charge in [0.05, 0.1) is 11.4 Å². The lowest BCUT2D eigenvalue weighted by molar-refractivity contribution is -0.114. The highest BCUT2D eigenvalue weighted by Gasteiger charge is 2.14. The van der Waals surface area contributed by atoms with Gasteiger partial charge in [-0.1, -0.05) is 0 Å². The van der Waals surface area contributed by atoms with Crippen molar-refractivity contribution in [2.75, 3.05) is 10.6 Å². The third-order valence-corrected chi connectivity index (χ3v) is 3.68. The Morgan fingerprint density at radius 3 is 2.60 bits per heavy atom. The minimum absolute atomic E-state index is 0.109. The number of fused-ring (bicyclic) bond motifs is 1. The van der Waals surface area contributed by atoms with Crippen molar-refractivity contribution >= 4 is 34.0 Å². The number of carbonyl (C=O) groups excluding carboxylic acids is 1. The molecule has 0 saturated carbocycles. The summed E-state index contributed by atoms with van der Waals surface area (Å²) in [7, 11) is 0. The molecule has 0 aliphatic carbocycles. The lowest BCUT2D eigenvalue weighted by Gasteiger charge is -2.14. The van der Waals surface area contributed by atoms with Gasteiger partial charge in [-0.3, -0.25) is 14.7 Å². The van der Waals surface area contributed by atoms with Crippen LogP contribution in [-0.4, -0.2) is 25.9 Å². The molecule has 0 unspecified atom stereocenters. The van der Waals surface area contributed by atoms with Crippen molar-refractivity contribution in [3.8, 4) is 0 Å². The largest absolute Gasteiger partial charge is 0.326 e. The summed E-state index contributed by atoms with van der Waals surface area (Å²) in [5, 5.41) is 18.4. The van der Waals surface area contributed by atoms with E-state index >= 15 is 0 Å². The van der Waals surface area contributed by atoms with Crippen LogP contribution in [0.1, 0.15) is 32.5 Å². The molecule has 3 N–H and O–H groups in total. The van der Waals surface area contributed by atoms with Gasteiger partial charge in [-0.05, 0) is 39.0 Å². The summed E-state index contributed by atoms with van der Waals surface area (Å²) in [6, 6.07) is 6.92. The van der Waals surface area contributed by atoms with Crippen molar-refractivity contribution in [2.45, 2.75) is 33.7 Å². The minimum atomic E-state index is -0.207. The monoisotopic (exact) mass is 340 g/mol. The Morgan fingerprint density at radius 1 is 1.24 bits per heavy atom. The van der Waals surface area contributed by atoms with Crippen LogP contribution in [0, 0.1) is 6.92 Å². The topological polar surface area (TPSA) is 105 Å². The number of anilines is 3. The van der Waals surface area contributed by atoms with Crippen molar-refractivity contribution in [2.24, 2.45) is 0 Å². The normalized spacial score (nSPS) is 11.1. The predicted molar refractivity (Wildman–Crippen MR) is 97.3 cm³/mol. The fourth-order valence-corrected chi connectivity index (χ4v) is 2.58. The van der Waals surface area contributed by atoms with E-state index in [0.29, 0.717) is 28.1 Å². The number of hydrogen-bond acceptors (Lipinski definition) is 5. The zero-order valence-electron chi connectivity index (χ0n) is 14.5. The number of aryl methyl sites for hydroxylation is 1. The van der Waals surface area contributed by atoms with Crippen LogP contribution in [0.15, 0.2) is 29.1 Å². The predicted octanol–water partition coefficient (Wildman–Crippen LogP) is 2.71. The van der Waals surface area contributed by atoms with E-state index in [1.165, 1.54) is 11.6 Å². The Bertz CT molecular complexity index is 1000. The molecule has 2 aromatic heterocycles. The second kappa shape index (κ2) is 6.39. The highest BCUT2D eigenvalue weighted by molar-refractivity contribution is 5.97. The number of aromatic nitrogens is 4. The summed E-state index contributed by atoms with van der Waals surface area (Å²) < 4.78 is 1.42. The van der Waals surface area contributed by atoms with E-state index < -0.39 is 0 Å². The molecule has 8 heteroatoms. The number of nitrogens with one attached hydrogen (secondary N) is 3. The Morgan fingerprint density at radius 2 is 2.00 bits per heavy atom. The number of nitrogens with zero attached hydrogens (tertiary/aromatic N) is 3. The number of carbonyl (C=O) groups is 1. The molecular weight excluding hydrogens is 320 g/mol. The van der Waals surface area contributed by atoms with E-state index in [1.54, 1.807) is 18.2 Å². The van der Waals surface area contributed by atoms with Crippen LogP contribution in [-0.2, 0) is 4.79 Å². The molecule has 0 aliphatic rings. The maximum atomic E-state index is 12.8. The molecule has 1 amide bonds. The van der Waals surface area contributed by atoms with Gasteiger partial charge in [-0.25, -0.2) is 4.68 Å². The second-order valence-corrected chi connectivity index (χ2v) is 6.19. The molecule has 25 heavy (non-hydrogen) atoms. The number of hydrogen-bond donors (Lipinski definition) is 3. The summed E-state index contributed by atoms with van der Waals surface area (Å²) in [6.45, 7) is 7.11. The molecule has 0 radical (unpaired) electrons. The minimum Gasteiger partial charge on any atom is -0.326 e. The second-order valence-electron chi connectivity index (χ2n) is 6.19. The molecule has 3 rings (SSSR count). The Hall–Kier alpha value is -3.16.